The summed E-state index contributed by atoms with van der Waals surface area (Å²) in [5, 5.41) is -0.411. The Kier molecular flexibility index (Phi) is 9.81. The molecule has 2 aromatic carbocycles. The lowest BCUT2D eigenvalue weighted by Gasteiger charge is -2.32. The number of amides is 4. The summed E-state index contributed by atoms with van der Waals surface area (Å²) in [5.41, 5.74) is -15.7. The molecule has 3 aromatic rings. The molecule has 2 fully saturated rings. The van der Waals surface area contributed by atoms with Crippen molar-refractivity contribution in [2.45, 2.75) is 49.9 Å². The summed E-state index contributed by atoms with van der Waals surface area (Å²) in [6.07, 6.45) is -17.9. The second kappa shape index (κ2) is 13.1. The maximum Gasteiger partial charge on any atom is 0.435 e. The standard InChI is InChI=1S/C31H18BrClF11N3O4/c32-19-12-15(28(35,30(39,40)41)31(42,43)44)11-18(29(36,37)38)22(19)47(25(49)14-8-9-14)26(50)16-3-1-5-20(21(16)34)46(24(48)13-6-7-13)27(51)17-4-2-10-45-23(17)33/h1-5,10-14H,6-9H2. The van der Waals surface area contributed by atoms with Crippen LogP contribution in [0.5, 0.6) is 0 Å². The van der Waals surface area contributed by atoms with E-state index in [0.29, 0.717) is 11.0 Å². The minimum Gasteiger partial charge on any atom is -0.274 e. The van der Waals surface area contributed by atoms with E-state index >= 15 is 4.39 Å². The van der Waals surface area contributed by atoms with Crippen molar-refractivity contribution in [2.75, 3.05) is 9.80 Å². The van der Waals surface area contributed by atoms with E-state index in [1.165, 1.54) is 12.3 Å². The smallest absolute Gasteiger partial charge is 0.274 e. The summed E-state index contributed by atoms with van der Waals surface area (Å²) in [5.74, 6) is -9.27. The Balaban J connectivity index is 1.71. The minimum atomic E-state index is -6.83. The number of anilines is 2. The number of hydrogen-bond acceptors (Lipinski definition) is 5. The lowest BCUT2D eigenvalue weighted by atomic mass is 9.91. The van der Waals surface area contributed by atoms with Crippen LogP contribution in [0.3, 0.4) is 0 Å². The molecule has 4 amide bonds. The van der Waals surface area contributed by atoms with Crippen molar-refractivity contribution in [3.63, 3.8) is 0 Å². The Morgan fingerprint density at radius 2 is 1.25 bits per heavy atom. The van der Waals surface area contributed by atoms with Crippen LogP contribution in [0.15, 0.2) is 53.1 Å². The molecule has 5 rings (SSSR count). The molecule has 1 heterocycles. The molecule has 0 saturated heterocycles. The molecule has 0 spiro atoms. The molecule has 20 heteroatoms. The first-order chi connectivity index (χ1) is 23.5. The highest BCUT2D eigenvalue weighted by Crippen LogP contribution is 2.56. The molecule has 2 aliphatic carbocycles. The first kappa shape index (κ1) is 38.1. The predicted octanol–water partition coefficient (Wildman–Crippen LogP) is 9.11. The first-order valence-electron chi connectivity index (χ1n) is 14.4. The highest BCUT2D eigenvalue weighted by Gasteiger charge is 2.74. The van der Waals surface area contributed by atoms with Crippen molar-refractivity contribution in [3.8, 4) is 0 Å². The van der Waals surface area contributed by atoms with Gasteiger partial charge in [0.2, 0.25) is 11.8 Å². The number of alkyl halides is 10. The zero-order chi connectivity index (χ0) is 38.0. The molecule has 0 aliphatic heterocycles. The van der Waals surface area contributed by atoms with Gasteiger partial charge >= 0.3 is 24.2 Å². The quantitative estimate of drug-likeness (QED) is 0.135. The summed E-state index contributed by atoms with van der Waals surface area (Å²) in [7, 11) is 0. The van der Waals surface area contributed by atoms with Crippen LogP contribution in [0.4, 0.5) is 59.7 Å². The zero-order valence-electron chi connectivity index (χ0n) is 25.0. The summed E-state index contributed by atoms with van der Waals surface area (Å²) in [4.78, 5) is 58.0. The zero-order valence-corrected chi connectivity index (χ0v) is 27.3. The summed E-state index contributed by atoms with van der Waals surface area (Å²) in [6, 6.07) is 3.61. The third-order valence-electron chi connectivity index (χ3n) is 7.91. The number of halogens is 13. The number of pyridine rings is 1. The van der Waals surface area contributed by atoms with E-state index in [2.05, 4.69) is 20.9 Å². The minimum absolute atomic E-state index is 0.0258. The first-order valence-corrected chi connectivity index (χ1v) is 15.6. The molecule has 0 unspecified atom stereocenters. The number of aromatic nitrogens is 1. The molecule has 1 aromatic heterocycles. The van der Waals surface area contributed by atoms with Crippen LogP contribution in [-0.2, 0) is 21.4 Å². The Hall–Kier alpha value is -4.13. The van der Waals surface area contributed by atoms with Gasteiger partial charge in [0.05, 0.1) is 28.1 Å². The van der Waals surface area contributed by atoms with Gasteiger partial charge in [0.25, 0.3) is 11.8 Å². The average Bonchev–Trinajstić information content (AvgIpc) is 3.94. The van der Waals surface area contributed by atoms with E-state index in [4.69, 9.17) is 11.6 Å². The Morgan fingerprint density at radius 3 is 1.75 bits per heavy atom. The molecule has 0 atom stereocenters. The van der Waals surface area contributed by atoms with E-state index in [9.17, 15) is 63.1 Å². The van der Waals surface area contributed by atoms with Gasteiger partial charge in [-0.15, -0.1) is 0 Å². The van der Waals surface area contributed by atoms with E-state index in [0.717, 1.165) is 18.2 Å². The normalized spacial score (nSPS) is 15.4. The maximum absolute atomic E-state index is 16.4. The molecule has 0 radical (unpaired) electrons. The van der Waals surface area contributed by atoms with Crippen LogP contribution in [0.1, 0.15) is 57.5 Å². The number of imide groups is 2. The predicted molar refractivity (Wildman–Crippen MR) is 159 cm³/mol. The number of carbonyl (C=O) groups excluding carboxylic acids is 4. The van der Waals surface area contributed by atoms with Gasteiger partial charge < -0.3 is 0 Å². The lowest BCUT2D eigenvalue weighted by Crippen LogP contribution is -2.50. The number of nitrogens with zero attached hydrogens (tertiary/aromatic N) is 3. The van der Waals surface area contributed by atoms with Crippen molar-refractivity contribution >= 4 is 62.5 Å². The molecule has 7 nitrogen and oxygen atoms in total. The molecule has 2 aliphatic rings. The molecule has 0 N–H and O–H groups in total. The fourth-order valence-corrected chi connectivity index (χ4v) is 5.88. The van der Waals surface area contributed by atoms with E-state index < -0.39 is 115 Å². The van der Waals surface area contributed by atoms with Gasteiger partial charge in [0, 0.05) is 28.1 Å². The molecule has 272 valence electrons. The highest BCUT2D eigenvalue weighted by molar-refractivity contribution is 9.10. The number of hydrogen-bond donors (Lipinski definition) is 0. The average molecular weight is 821 g/mol. The molecule has 0 bridgehead atoms. The second-order valence-corrected chi connectivity index (χ2v) is 12.7. The van der Waals surface area contributed by atoms with Crippen LogP contribution < -0.4 is 9.80 Å². The SMILES string of the molecule is O=C(c1cccnc1Cl)N(C(=O)C1CC1)c1cccc(C(=O)N(C(=O)C2CC2)c2c(Br)cc(C(F)(C(F)(F)F)C(F)(F)F)cc2C(F)(F)F)c1F. The molecule has 51 heavy (non-hydrogen) atoms. The van der Waals surface area contributed by atoms with Crippen molar-refractivity contribution in [2.24, 2.45) is 11.8 Å². The van der Waals surface area contributed by atoms with Gasteiger partial charge in [-0.1, -0.05) is 17.7 Å². The fraction of sp³-hybridized carbons (Fsp3) is 0.323. The molecular formula is C31H18BrClF11N3O4. The van der Waals surface area contributed by atoms with Gasteiger partial charge in [-0.2, -0.15) is 39.5 Å². The van der Waals surface area contributed by atoms with Gasteiger partial charge in [-0.05, 0) is 78.0 Å². The van der Waals surface area contributed by atoms with Crippen LogP contribution >= 0.6 is 27.5 Å². The van der Waals surface area contributed by atoms with E-state index in [-0.39, 0.29) is 36.6 Å². The van der Waals surface area contributed by atoms with Gasteiger partial charge in [-0.25, -0.2) is 23.6 Å². The number of carbonyl (C=O) groups is 4. The van der Waals surface area contributed by atoms with Crippen molar-refractivity contribution in [1.82, 2.24) is 4.98 Å². The third-order valence-corrected chi connectivity index (χ3v) is 8.82. The van der Waals surface area contributed by atoms with Crippen LogP contribution in [0.25, 0.3) is 0 Å². The van der Waals surface area contributed by atoms with Crippen LogP contribution in [0.2, 0.25) is 5.15 Å². The van der Waals surface area contributed by atoms with E-state index in [1.54, 1.807) is 0 Å². The lowest BCUT2D eigenvalue weighted by molar-refractivity contribution is -0.348. The Morgan fingerprint density at radius 1 is 0.745 bits per heavy atom. The Bertz CT molecular complexity index is 1930. The highest BCUT2D eigenvalue weighted by atomic mass is 79.9. The number of rotatable bonds is 7. The summed E-state index contributed by atoms with van der Waals surface area (Å²) >= 11 is 8.39. The fourth-order valence-electron chi connectivity index (χ4n) is 5.04. The molecular weight excluding hydrogens is 803 g/mol. The Labute approximate surface area is 292 Å². The maximum atomic E-state index is 16.4. The summed E-state index contributed by atoms with van der Waals surface area (Å²) in [6.45, 7) is 0. The van der Waals surface area contributed by atoms with Crippen LogP contribution in [0, 0.1) is 17.7 Å². The van der Waals surface area contributed by atoms with Crippen LogP contribution in [-0.4, -0.2) is 41.0 Å². The monoisotopic (exact) mass is 819 g/mol. The summed E-state index contributed by atoms with van der Waals surface area (Å²) < 4.78 is 154. The third kappa shape index (κ3) is 6.93. The van der Waals surface area contributed by atoms with E-state index in [1.807, 2.05) is 0 Å². The largest absolute Gasteiger partial charge is 0.435 e. The number of benzene rings is 2. The topological polar surface area (TPSA) is 87.7 Å². The van der Waals surface area contributed by atoms with Gasteiger partial charge in [0.1, 0.15) is 5.15 Å². The van der Waals surface area contributed by atoms with Crippen molar-refractivity contribution in [1.29, 1.82) is 0 Å². The van der Waals surface area contributed by atoms with Crippen molar-refractivity contribution < 1.29 is 67.5 Å². The molecule has 2 saturated carbocycles. The second-order valence-electron chi connectivity index (χ2n) is 11.5. The van der Waals surface area contributed by atoms with Gasteiger partial charge in [-0.3, -0.25) is 19.2 Å². The van der Waals surface area contributed by atoms with Crippen molar-refractivity contribution in [3.05, 3.63) is 86.4 Å². The van der Waals surface area contributed by atoms with Gasteiger partial charge in [0.15, 0.2) is 5.82 Å².